The van der Waals surface area contributed by atoms with Crippen LogP contribution in [0.15, 0.2) is 231 Å². The van der Waals surface area contributed by atoms with E-state index < -0.39 is 5.41 Å². The number of aromatic nitrogens is 2. The number of hydrogen-bond acceptors (Lipinski definition) is 3. The zero-order valence-corrected chi connectivity index (χ0v) is 33.7. The van der Waals surface area contributed by atoms with Gasteiger partial charge in [-0.2, -0.15) is 0 Å². The summed E-state index contributed by atoms with van der Waals surface area (Å²) in [5.74, 6) is 2.47. The minimum atomic E-state index is -0.517. The molecule has 0 saturated carbocycles. The van der Waals surface area contributed by atoms with Crippen LogP contribution in [-0.4, -0.2) is 9.97 Å². The van der Waals surface area contributed by atoms with Crippen molar-refractivity contribution in [2.75, 3.05) is 0 Å². The van der Waals surface area contributed by atoms with E-state index in [-0.39, 0.29) is 0 Å². The highest BCUT2D eigenvalue weighted by molar-refractivity contribution is 5.89. The molecule has 3 heteroatoms. The van der Waals surface area contributed by atoms with Crippen molar-refractivity contribution in [3.8, 4) is 89.9 Å². The highest BCUT2D eigenvalue weighted by Crippen LogP contribution is 2.62. The Bertz CT molecular complexity index is 3290. The van der Waals surface area contributed by atoms with Gasteiger partial charge >= 0.3 is 0 Å². The first-order chi connectivity index (χ1) is 30.7. The molecule has 0 unspecified atom stereocenters. The Morgan fingerprint density at radius 3 is 1.29 bits per heavy atom. The fraction of sp³-hybridized carbons (Fsp3) is 0.0169. The quantitative estimate of drug-likeness (QED) is 0.168. The van der Waals surface area contributed by atoms with Crippen LogP contribution in [0.3, 0.4) is 0 Å². The van der Waals surface area contributed by atoms with Crippen LogP contribution >= 0.6 is 0 Å². The fourth-order valence-corrected chi connectivity index (χ4v) is 9.72. The lowest BCUT2D eigenvalue weighted by molar-refractivity contribution is 0.436. The Kier molecular flexibility index (Phi) is 8.39. The molecule has 1 spiro atoms. The molecule has 1 aromatic heterocycles. The van der Waals surface area contributed by atoms with Crippen molar-refractivity contribution < 1.29 is 4.74 Å². The number of para-hydroxylation sites is 1. The van der Waals surface area contributed by atoms with Gasteiger partial charge in [0.1, 0.15) is 11.5 Å². The molecular weight excluding hydrogens is 753 g/mol. The van der Waals surface area contributed by atoms with Crippen molar-refractivity contribution in [2.24, 2.45) is 0 Å². The summed E-state index contributed by atoms with van der Waals surface area (Å²) in [4.78, 5) is 10.3. The summed E-state index contributed by atoms with van der Waals surface area (Å²) in [5, 5.41) is 0. The number of hydrogen-bond donors (Lipinski definition) is 0. The van der Waals surface area contributed by atoms with Gasteiger partial charge in [0.05, 0.1) is 16.8 Å². The number of benzene rings is 9. The Hall–Kier alpha value is -8.14. The topological polar surface area (TPSA) is 35.0 Å². The van der Waals surface area contributed by atoms with Gasteiger partial charge in [-0.15, -0.1) is 0 Å². The Labute approximate surface area is 361 Å². The van der Waals surface area contributed by atoms with E-state index in [1.807, 2.05) is 24.3 Å². The molecule has 1 aliphatic carbocycles. The summed E-state index contributed by atoms with van der Waals surface area (Å²) >= 11 is 0. The van der Waals surface area contributed by atoms with Gasteiger partial charge in [-0.3, -0.25) is 0 Å². The first kappa shape index (κ1) is 35.8. The lowest BCUT2D eigenvalue weighted by Crippen LogP contribution is -2.32. The van der Waals surface area contributed by atoms with Crippen molar-refractivity contribution in [1.82, 2.24) is 9.97 Å². The van der Waals surface area contributed by atoms with E-state index in [0.717, 1.165) is 73.0 Å². The van der Waals surface area contributed by atoms with Gasteiger partial charge in [-0.1, -0.05) is 188 Å². The Morgan fingerprint density at radius 2 is 0.694 bits per heavy atom. The van der Waals surface area contributed by atoms with Crippen LogP contribution in [0.2, 0.25) is 0 Å². The van der Waals surface area contributed by atoms with Crippen LogP contribution in [0.25, 0.3) is 78.4 Å². The second-order valence-corrected chi connectivity index (χ2v) is 16.1. The average Bonchev–Trinajstić information content (AvgIpc) is 3.65. The number of ether oxygens (including phenoxy) is 1. The molecule has 2 heterocycles. The number of rotatable bonds is 6. The van der Waals surface area contributed by atoms with Crippen molar-refractivity contribution in [3.05, 3.63) is 253 Å². The molecule has 290 valence electrons. The van der Waals surface area contributed by atoms with E-state index in [0.29, 0.717) is 5.82 Å². The van der Waals surface area contributed by atoms with Crippen molar-refractivity contribution in [3.63, 3.8) is 0 Å². The summed E-state index contributed by atoms with van der Waals surface area (Å²) in [6.45, 7) is 0. The van der Waals surface area contributed by atoms with Gasteiger partial charge in [-0.05, 0) is 98.1 Å². The van der Waals surface area contributed by atoms with Gasteiger partial charge in [0.25, 0.3) is 0 Å². The summed E-state index contributed by atoms with van der Waals surface area (Å²) in [5.41, 5.74) is 18.5. The highest BCUT2D eigenvalue weighted by atomic mass is 16.5. The third-order valence-corrected chi connectivity index (χ3v) is 12.6. The fourth-order valence-electron chi connectivity index (χ4n) is 9.72. The van der Waals surface area contributed by atoms with Crippen LogP contribution in [0, 0.1) is 0 Å². The molecule has 1 aliphatic heterocycles. The second kappa shape index (κ2) is 14.5. The Balaban J connectivity index is 0.955. The zero-order valence-electron chi connectivity index (χ0n) is 33.7. The average molecular weight is 791 g/mol. The first-order valence-corrected chi connectivity index (χ1v) is 21.1. The smallest absolute Gasteiger partial charge is 0.160 e. The summed E-state index contributed by atoms with van der Waals surface area (Å²) in [6, 6.07) is 82.0. The second-order valence-electron chi connectivity index (χ2n) is 16.1. The third-order valence-electron chi connectivity index (χ3n) is 12.6. The van der Waals surface area contributed by atoms with E-state index in [1.165, 1.54) is 33.4 Å². The highest BCUT2D eigenvalue weighted by Gasteiger charge is 2.51. The molecule has 12 rings (SSSR count). The van der Waals surface area contributed by atoms with Crippen LogP contribution < -0.4 is 4.74 Å². The molecular formula is C59H38N2O. The maximum Gasteiger partial charge on any atom is 0.160 e. The van der Waals surface area contributed by atoms with Crippen LogP contribution in [0.1, 0.15) is 22.3 Å². The summed E-state index contributed by atoms with van der Waals surface area (Å²) in [6.07, 6.45) is 0. The van der Waals surface area contributed by atoms with Crippen molar-refractivity contribution >= 4 is 0 Å². The van der Waals surface area contributed by atoms with Crippen LogP contribution in [-0.2, 0) is 5.41 Å². The Morgan fingerprint density at radius 1 is 0.274 bits per heavy atom. The number of nitrogens with zero attached hydrogens (tertiary/aromatic N) is 2. The standard InChI is InChI=1S/C59H38N2O/c1-3-16-39(17-4-1)41-20-14-24-46(35-41)54-38-55(61-58(60-54)40-18-5-2-6-19-40)47-25-15-23-44(36-47)42-21-13-22-43(34-42)45-32-33-57-53(37-45)59(52-30-11-12-31-56(52)62-57)50-28-9-7-26-48(50)49-27-8-10-29-51(49)59/h1-38H. The lowest BCUT2D eigenvalue weighted by atomic mass is 9.66. The molecule has 0 fully saturated rings. The summed E-state index contributed by atoms with van der Waals surface area (Å²) in [7, 11) is 0. The van der Waals surface area contributed by atoms with E-state index in [9.17, 15) is 0 Å². The van der Waals surface area contributed by atoms with E-state index in [1.54, 1.807) is 0 Å². The molecule has 0 N–H and O–H groups in total. The van der Waals surface area contributed by atoms with E-state index >= 15 is 0 Å². The molecule has 10 aromatic rings. The molecule has 0 saturated heterocycles. The molecule has 0 radical (unpaired) electrons. The van der Waals surface area contributed by atoms with E-state index in [4.69, 9.17) is 14.7 Å². The maximum atomic E-state index is 6.72. The van der Waals surface area contributed by atoms with Gasteiger partial charge in [-0.25, -0.2) is 9.97 Å². The normalized spacial score (nSPS) is 12.8. The first-order valence-electron chi connectivity index (χ1n) is 21.1. The third kappa shape index (κ3) is 5.82. The molecule has 62 heavy (non-hydrogen) atoms. The van der Waals surface area contributed by atoms with Gasteiger partial charge < -0.3 is 4.74 Å². The largest absolute Gasteiger partial charge is 0.457 e. The van der Waals surface area contributed by atoms with Crippen molar-refractivity contribution in [1.29, 1.82) is 0 Å². The molecule has 0 atom stereocenters. The molecule has 0 bridgehead atoms. The van der Waals surface area contributed by atoms with Gasteiger partial charge in [0.2, 0.25) is 0 Å². The van der Waals surface area contributed by atoms with Gasteiger partial charge in [0, 0.05) is 27.8 Å². The predicted molar refractivity (Wildman–Crippen MR) is 252 cm³/mol. The van der Waals surface area contributed by atoms with Gasteiger partial charge in [0.15, 0.2) is 5.82 Å². The molecule has 3 nitrogen and oxygen atoms in total. The molecule has 9 aromatic carbocycles. The molecule has 2 aliphatic rings. The van der Waals surface area contributed by atoms with Crippen LogP contribution in [0.4, 0.5) is 0 Å². The number of fused-ring (bicyclic) bond motifs is 9. The minimum absolute atomic E-state index is 0.517. The SMILES string of the molecule is c1ccc(-c2cccc(-c3cc(-c4cccc(-c5cccc(-c6ccc7c(c6)C6(c8ccccc8O7)c7ccccc7-c7ccccc76)c5)c4)nc(-c4ccccc4)n3)c2)cc1. The maximum absolute atomic E-state index is 6.72. The zero-order chi connectivity index (χ0) is 41.0. The predicted octanol–water partition coefficient (Wildman–Crippen LogP) is 14.9. The van der Waals surface area contributed by atoms with Crippen molar-refractivity contribution in [2.45, 2.75) is 5.41 Å². The monoisotopic (exact) mass is 790 g/mol. The molecule has 0 amide bonds. The van der Waals surface area contributed by atoms with E-state index in [2.05, 4.69) is 206 Å². The minimum Gasteiger partial charge on any atom is -0.457 e. The summed E-state index contributed by atoms with van der Waals surface area (Å²) < 4.78 is 6.72. The lowest BCUT2D eigenvalue weighted by Gasteiger charge is -2.39. The van der Waals surface area contributed by atoms with Crippen LogP contribution in [0.5, 0.6) is 11.5 Å².